The normalized spacial score (nSPS) is 13.4. The van der Waals surface area contributed by atoms with Gasteiger partial charge in [0.1, 0.15) is 8.07 Å². The second-order valence-corrected chi connectivity index (χ2v) is 10.1. The predicted molar refractivity (Wildman–Crippen MR) is 55.4 cm³/mol. The lowest BCUT2D eigenvalue weighted by atomic mass is 10.2. The number of hydrogen-bond donors (Lipinski definition) is 1. The lowest BCUT2D eigenvalue weighted by molar-refractivity contribution is 0.727. The molecule has 1 heterocycles. The fourth-order valence-corrected chi connectivity index (χ4v) is 2.65. The van der Waals surface area contributed by atoms with Crippen molar-refractivity contribution in [2.24, 2.45) is 0 Å². The second kappa shape index (κ2) is 2.73. The van der Waals surface area contributed by atoms with Gasteiger partial charge in [-0.3, -0.25) is 5.10 Å². The van der Waals surface area contributed by atoms with Gasteiger partial charge in [-0.1, -0.05) is 33.9 Å². The molecule has 0 atom stereocenters. The number of nitrogens with one attached hydrogen (secondary N) is 1. The first-order valence-corrected chi connectivity index (χ1v) is 7.35. The highest BCUT2D eigenvalue weighted by atomic mass is 28.3. The Morgan fingerprint density at radius 3 is 2.25 bits per heavy atom. The van der Waals surface area contributed by atoms with E-state index in [1.807, 2.05) is 6.20 Å². The number of H-pyrrole nitrogens is 1. The second-order valence-electron chi connectivity index (χ2n) is 4.85. The molecule has 0 aromatic carbocycles. The van der Waals surface area contributed by atoms with Crippen LogP contribution in [0, 0.1) is 0 Å². The van der Waals surface area contributed by atoms with Crippen LogP contribution in [0.2, 0.25) is 18.1 Å². The summed E-state index contributed by atoms with van der Waals surface area (Å²) in [6, 6.07) is 2.11. The molecule has 0 fully saturated rings. The fourth-order valence-electron chi connectivity index (χ4n) is 1.01. The highest BCUT2D eigenvalue weighted by molar-refractivity contribution is 6.91. The Bertz CT molecular complexity index is 244. The SMILES string of the molecule is CC(C)(C)[Si](C)(C)c1ccn[nH]1. The molecule has 0 aliphatic heterocycles. The highest BCUT2D eigenvalue weighted by Gasteiger charge is 2.37. The molecule has 1 aromatic rings. The molecule has 2 nitrogen and oxygen atoms in total. The van der Waals surface area contributed by atoms with Gasteiger partial charge in [0.15, 0.2) is 0 Å². The van der Waals surface area contributed by atoms with Crippen LogP contribution in [0.1, 0.15) is 20.8 Å². The summed E-state index contributed by atoms with van der Waals surface area (Å²) in [7, 11) is -1.35. The number of aromatic amines is 1. The molecule has 0 spiro atoms. The molecule has 0 aliphatic carbocycles. The summed E-state index contributed by atoms with van der Waals surface area (Å²) in [5.41, 5.74) is 0. The van der Waals surface area contributed by atoms with Crippen LogP contribution in [0.3, 0.4) is 0 Å². The van der Waals surface area contributed by atoms with Crippen LogP contribution >= 0.6 is 0 Å². The first kappa shape index (κ1) is 9.51. The Morgan fingerprint density at radius 1 is 1.33 bits per heavy atom. The molecule has 68 valence electrons. The number of rotatable bonds is 1. The van der Waals surface area contributed by atoms with Crippen LogP contribution in [0.25, 0.3) is 0 Å². The van der Waals surface area contributed by atoms with Crippen molar-refractivity contribution in [2.45, 2.75) is 38.9 Å². The number of hydrogen-bond acceptors (Lipinski definition) is 1. The smallest absolute Gasteiger partial charge is 0.109 e. The Hall–Kier alpha value is -0.573. The van der Waals surface area contributed by atoms with Crippen molar-refractivity contribution in [1.82, 2.24) is 10.2 Å². The Balaban J connectivity index is 3.02. The standard InChI is InChI=1S/C9H18N2Si/c1-9(2,3)12(4,5)8-6-7-10-11-8/h6-7H,1-5H3,(H,10,11). The highest BCUT2D eigenvalue weighted by Crippen LogP contribution is 2.34. The molecular weight excluding hydrogens is 164 g/mol. The van der Waals surface area contributed by atoms with Crippen molar-refractivity contribution in [3.63, 3.8) is 0 Å². The van der Waals surface area contributed by atoms with Gasteiger partial charge in [-0.15, -0.1) is 0 Å². The molecule has 0 unspecified atom stereocenters. The van der Waals surface area contributed by atoms with E-state index in [0.29, 0.717) is 5.04 Å². The van der Waals surface area contributed by atoms with Crippen LogP contribution in [-0.2, 0) is 0 Å². The summed E-state index contributed by atoms with van der Waals surface area (Å²) in [4.78, 5) is 0. The van der Waals surface area contributed by atoms with Crippen LogP contribution in [0.5, 0.6) is 0 Å². The van der Waals surface area contributed by atoms with E-state index < -0.39 is 8.07 Å². The lowest BCUT2D eigenvalue weighted by Gasteiger charge is -2.35. The third-order valence-electron chi connectivity index (χ3n) is 3.05. The zero-order chi connectivity index (χ0) is 9.41. The van der Waals surface area contributed by atoms with Gasteiger partial charge in [-0.05, 0) is 11.1 Å². The molecule has 1 aromatic heterocycles. The summed E-state index contributed by atoms with van der Waals surface area (Å²) in [6.45, 7) is 11.7. The predicted octanol–water partition coefficient (Wildman–Crippen LogP) is 2.13. The van der Waals surface area contributed by atoms with Crippen LogP contribution in [0.4, 0.5) is 0 Å². The maximum absolute atomic E-state index is 4.01. The fraction of sp³-hybridized carbons (Fsp3) is 0.667. The minimum Gasteiger partial charge on any atom is -0.287 e. The lowest BCUT2D eigenvalue weighted by Crippen LogP contribution is -2.50. The molecule has 3 heteroatoms. The molecular formula is C9H18N2Si. The topological polar surface area (TPSA) is 28.7 Å². The van der Waals surface area contributed by atoms with E-state index in [2.05, 4.69) is 50.1 Å². The third kappa shape index (κ3) is 1.46. The van der Waals surface area contributed by atoms with Gasteiger partial charge in [0.2, 0.25) is 0 Å². The van der Waals surface area contributed by atoms with Gasteiger partial charge in [-0.2, -0.15) is 5.10 Å². The van der Waals surface area contributed by atoms with Gasteiger partial charge in [0.05, 0.1) is 0 Å². The van der Waals surface area contributed by atoms with E-state index >= 15 is 0 Å². The van der Waals surface area contributed by atoms with Crippen molar-refractivity contribution in [3.8, 4) is 0 Å². The molecule has 1 N–H and O–H groups in total. The maximum Gasteiger partial charge on any atom is 0.109 e. The van der Waals surface area contributed by atoms with E-state index in [4.69, 9.17) is 0 Å². The molecule has 0 bridgehead atoms. The van der Waals surface area contributed by atoms with Gasteiger partial charge in [-0.25, -0.2) is 0 Å². The minimum absolute atomic E-state index is 0.388. The Morgan fingerprint density at radius 2 is 1.92 bits per heavy atom. The first-order chi connectivity index (χ1) is 5.36. The quantitative estimate of drug-likeness (QED) is 0.662. The summed E-state index contributed by atoms with van der Waals surface area (Å²) >= 11 is 0. The molecule has 0 radical (unpaired) electrons. The molecule has 1 rings (SSSR count). The van der Waals surface area contributed by atoms with E-state index in [0.717, 1.165) is 0 Å². The summed E-state index contributed by atoms with van der Waals surface area (Å²) < 4.78 is 0. The first-order valence-electron chi connectivity index (χ1n) is 4.35. The van der Waals surface area contributed by atoms with Crippen molar-refractivity contribution < 1.29 is 0 Å². The maximum atomic E-state index is 4.01. The number of nitrogens with zero attached hydrogens (tertiary/aromatic N) is 1. The summed E-state index contributed by atoms with van der Waals surface area (Å²) in [5, 5.41) is 8.84. The summed E-state index contributed by atoms with van der Waals surface area (Å²) in [6.07, 6.45) is 1.84. The monoisotopic (exact) mass is 182 g/mol. The van der Waals surface area contributed by atoms with Crippen LogP contribution in [0.15, 0.2) is 12.3 Å². The number of aromatic nitrogens is 2. The van der Waals surface area contributed by atoms with E-state index in [-0.39, 0.29) is 0 Å². The van der Waals surface area contributed by atoms with E-state index in [1.54, 1.807) is 0 Å². The molecule has 0 aliphatic rings. The van der Waals surface area contributed by atoms with Crippen LogP contribution < -0.4 is 5.32 Å². The Labute approximate surface area is 75.4 Å². The average Bonchev–Trinajstić information content (AvgIpc) is 2.34. The average molecular weight is 182 g/mol. The van der Waals surface area contributed by atoms with E-state index in [9.17, 15) is 0 Å². The zero-order valence-electron chi connectivity index (χ0n) is 8.60. The molecule has 0 saturated carbocycles. The summed E-state index contributed by atoms with van der Waals surface area (Å²) in [5.74, 6) is 0. The third-order valence-corrected chi connectivity index (χ3v) is 8.42. The van der Waals surface area contributed by atoms with Crippen LogP contribution in [-0.4, -0.2) is 18.3 Å². The van der Waals surface area contributed by atoms with E-state index in [1.165, 1.54) is 5.32 Å². The Kier molecular flexibility index (Phi) is 2.16. The van der Waals surface area contributed by atoms with Gasteiger partial charge in [0.25, 0.3) is 0 Å². The minimum atomic E-state index is -1.35. The largest absolute Gasteiger partial charge is 0.287 e. The van der Waals surface area contributed by atoms with Gasteiger partial charge < -0.3 is 0 Å². The molecule has 0 saturated heterocycles. The van der Waals surface area contributed by atoms with Crippen molar-refractivity contribution in [2.75, 3.05) is 0 Å². The van der Waals surface area contributed by atoms with Gasteiger partial charge in [0, 0.05) is 11.5 Å². The zero-order valence-corrected chi connectivity index (χ0v) is 9.60. The molecule has 12 heavy (non-hydrogen) atoms. The van der Waals surface area contributed by atoms with Crippen molar-refractivity contribution >= 4 is 13.4 Å². The van der Waals surface area contributed by atoms with Crippen molar-refractivity contribution in [1.29, 1.82) is 0 Å². The molecule has 0 amide bonds. The van der Waals surface area contributed by atoms with Gasteiger partial charge >= 0.3 is 0 Å². The van der Waals surface area contributed by atoms with Crippen molar-refractivity contribution in [3.05, 3.63) is 12.3 Å².